The number of hydrogen-bond donors (Lipinski definition) is 2. The molecule has 2 rings (SSSR count). The molecule has 1 unspecified atom stereocenters. The van der Waals surface area contributed by atoms with Crippen molar-refractivity contribution in [1.82, 2.24) is 14.9 Å². The molecule has 2 aliphatic heterocycles. The van der Waals surface area contributed by atoms with Gasteiger partial charge in [-0.2, -0.15) is 0 Å². The molecular weight excluding hydrogens is 262 g/mol. The zero-order valence-corrected chi connectivity index (χ0v) is 12.7. The van der Waals surface area contributed by atoms with Gasteiger partial charge in [-0.05, 0) is 64.7 Å². The van der Waals surface area contributed by atoms with Crippen molar-refractivity contribution < 1.29 is 8.42 Å². The van der Waals surface area contributed by atoms with E-state index in [1.165, 1.54) is 6.42 Å². The van der Waals surface area contributed by atoms with Crippen LogP contribution >= 0.6 is 0 Å². The van der Waals surface area contributed by atoms with Crippen LogP contribution < -0.4 is 10.0 Å². The Labute approximate surface area is 117 Å². The van der Waals surface area contributed by atoms with Crippen molar-refractivity contribution >= 4 is 10.0 Å². The summed E-state index contributed by atoms with van der Waals surface area (Å²) in [6.45, 7) is 3.72. The Hall–Kier alpha value is -0.170. The summed E-state index contributed by atoms with van der Waals surface area (Å²) in [6.07, 6.45) is 5.31. The van der Waals surface area contributed by atoms with Gasteiger partial charge in [0.15, 0.2) is 0 Å². The molecule has 0 saturated carbocycles. The summed E-state index contributed by atoms with van der Waals surface area (Å²) in [5, 5.41) is 3.31. The topological polar surface area (TPSA) is 61.4 Å². The van der Waals surface area contributed by atoms with Gasteiger partial charge in [0.05, 0.1) is 5.75 Å². The number of piperidine rings is 1. The first-order valence-corrected chi connectivity index (χ1v) is 9.10. The Bertz CT molecular complexity index is 366. The maximum atomic E-state index is 12.0. The van der Waals surface area contributed by atoms with Crippen LogP contribution in [0.4, 0.5) is 0 Å². The fourth-order valence-corrected chi connectivity index (χ4v) is 4.26. The second-order valence-electron chi connectivity index (χ2n) is 5.93. The second-order valence-corrected chi connectivity index (χ2v) is 7.85. The first-order valence-electron chi connectivity index (χ1n) is 7.45. The van der Waals surface area contributed by atoms with Gasteiger partial charge in [0, 0.05) is 12.6 Å². The highest BCUT2D eigenvalue weighted by atomic mass is 32.2. The third kappa shape index (κ3) is 5.02. The molecule has 2 aliphatic rings. The lowest BCUT2D eigenvalue weighted by Crippen LogP contribution is -2.39. The van der Waals surface area contributed by atoms with E-state index in [0.717, 1.165) is 45.3 Å². The lowest BCUT2D eigenvalue weighted by Gasteiger charge is -2.23. The molecule has 2 heterocycles. The molecule has 0 amide bonds. The van der Waals surface area contributed by atoms with Crippen LogP contribution in [0.15, 0.2) is 0 Å². The lowest BCUT2D eigenvalue weighted by molar-refractivity contribution is 0.310. The van der Waals surface area contributed by atoms with Gasteiger partial charge in [0.2, 0.25) is 10.0 Å². The number of nitrogens with one attached hydrogen (secondary N) is 2. The van der Waals surface area contributed by atoms with Crippen molar-refractivity contribution in [2.45, 2.75) is 38.1 Å². The number of hydrogen-bond acceptors (Lipinski definition) is 4. The molecule has 1 atom stereocenters. The second kappa shape index (κ2) is 7.02. The standard InChI is InChI=1S/C13H27N3O2S/c1-16-9-2-3-13(16)11-15-19(17,18)10-6-12-4-7-14-8-5-12/h12-15H,2-11H2,1H3. The third-order valence-electron chi connectivity index (χ3n) is 4.46. The molecule has 2 saturated heterocycles. The normalized spacial score (nSPS) is 26.9. The molecular formula is C13H27N3O2S. The fraction of sp³-hybridized carbons (Fsp3) is 1.00. The summed E-state index contributed by atoms with van der Waals surface area (Å²) < 4.78 is 26.8. The van der Waals surface area contributed by atoms with E-state index in [9.17, 15) is 8.42 Å². The Morgan fingerprint density at radius 2 is 2.00 bits per heavy atom. The summed E-state index contributed by atoms with van der Waals surface area (Å²) in [5.74, 6) is 0.862. The summed E-state index contributed by atoms with van der Waals surface area (Å²) >= 11 is 0. The predicted octanol–water partition coefficient (Wildman–Crippen LogP) is 0.390. The Morgan fingerprint density at radius 3 is 2.63 bits per heavy atom. The molecule has 19 heavy (non-hydrogen) atoms. The van der Waals surface area contributed by atoms with E-state index in [-0.39, 0.29) is 5.75 Å². The zero-order chi connectivity index (χ0) is 13.7. The van der Waals surface area contributed by atoms with Crippen molar-refractivity contribution in [3.63, 3.8) is 0 Å². The van der Waals surface area contributed by atoms with E-state index >= 15 is 0 Å². The van der Waals surface area contributed by atoms with E-state index in [0.29, 0.717) is 18.5 Å². The number of likely N-dealkylation sites (N-methyl/N-ethyl adjacent to an activating group) is 1. The smallest absolute Gasteiger partial charge is 0.211 e. The van der Waals surface area contributed by atoms with Crippen molar-refractivity contribution in [3.05, 3.63) is 0 Å². The largest absolute Gasteiger partial charge is 0.317 e. The SMILES string of the molecule is CN1CCCC1CNS(=O)(=O)CCC1CCNCC1. The molecule has 0 radical (unpaired) electrons. The molecule has 2 N–H and O–H groups in total. The van der Waals surface area contributed by atoms with Crippen LogP contribution in [0.2, 0.25) is 0 Å². The van der Waals surface area contributed by atoms with E-state index in [1.54, 1.807) is 0 Å². The first kappa shape index (κ1) is 15.2. The Morgan fingerprint density at radius 1 is 1.26 bits per heavy atom. The summed E-state index contributed by atoms with van der Waals surface area (Å²) in [7, 11) is -1.02. The van der Waals surface area contributed by atoms with Gasteiger partial charge in [0.1, 0.15) is 0 Å². The van der Waals surface area contributed by atoms with Gasteiger partial charge < -0.3 is 10.2 Å². The minimum atomic E-state index is -3.09. The van der Waals surface area contributed by atoms with Crippen molar-refractivity contribution in [2.75, 3.05) is 39.0 Å². The molecule has 0 aromatic carbocycles. The Kier molecular flexibility index (Phi) is 5.62. The van der Waals surface area contributed by atoms with E-state index in [4.69, 9.17) is 0 Å². The number of rotatable bonds is 6. The third-order valence-corrected chi connectivity index (χ3v) is 5.84. The molecule has 0 bridgehead atoms. The molecule has 0 aromatic rings. The average Bonchev–Trinajstić information content (AvgIpc) is 2.81. The number of sulfonamides is 1. The number of likely N-dealkylation sites (tertiary alicyclic amines) is 1. The minimum absolute atomic E-state index is 0.286. The van der Waals surface area contributed by atoms with Gasteiger partial charge in [-0.25, -0.2) is 13.1 Å². The van der Waals surface area contributed by atoms with Crippen LogP contribution in [-0.4, -0.2) is 58.3 Å². The molecule has 0 aliphatic carbocycles. The van der Waals surface area contributed by atoms with Gasteiger partial charge in [-0.1, -0.05) is 0 Å². The average molecular weight is 289 g/mol. The first-order chi connectivity index (χ1) is 9.07. The predicted molar refractivity (Wildman–Crippen MR) is 77.7 cm³/mol. The van der Waals surface area contributed by atoms with Crippen LogP contribution in [-0.2, 0) is 10.0 Å². The monoisotopic (exact) mass is 289 g/mol. The molecule has 0 aromatic heterocycles. The molecule has 6 heteroatoms. The highest BCUT2D eigenvalue weighted by Crippen LogP contribution is 2.17. The van der Waals surface area contributed by atoms with Crippen LogP contribution in [0.3, 0.4) is 0 Å². The quantitative estimate of drug-likeness (QED) is 0.742. The highest BCUT2D eigenvalue weighted by Gasteiger charge is 2.23. The molecule has 0 spiro atoms. The van der Waals surface area contributed by atoms with Gasteiger partial charge in [-0.15, -0.1) is 0 Å². The maximum Gasteiger partial charge on any atom is 0.211 e. The molecule has 5 nitrogen and oxygen atoms in total. The van der Waals surface area contributed by atoms with E-state index < -0.39 is 10.0 Å². The zero-order valence-electron chi connectivity index (χ0n) is 11.9. The van der Waals surface area contributed by atoms with Crippen molar-refractivity contribution in [3.8, 4) is 0 Å². The van der Waals surface area contributed by atoms with E-state index in [1.807, 2.05) is 0 Å². The number of nitrogens with zero attached hydrogens (tertiary/aromatic N) is 1. The van der Waals surface area contributed by atoms with Crippen molar-refractivity contribution in [2.24, 2.45) is 5.92 Å². The summed E-state index contributed by atoms with van der Waals surface area (Å²) in [5.41, 5.74) is 0. The van der Waals surface area contributed by atoms with E-state index in [2.05, 4.69) is 22.0 Å². The van der Waals surface area contributed by atoms with Crippen molar-refractivity contribution in [1.29, 1.82) is 0 Å². The minimum Gasteiger partial charge on any atom is -0.317 e. The maximum absolute atomic E-state index is 12.0. The molecule has 2 fully saturated rings. The lowest BCUT2D eigenvalue weighted by atomic mass is 9.96. The van der Waals surface area contributed by atoms with Gasteiger partial charge >= 0.3 is 0 Å². The van der Waals surface area contributed by atoms with Gasteiger partial charge in [-0.3, -0.25) is 0 Å². The fourth-order valence-electron chi connectivity index (χ4n) is 3.02. The van der Waals surface area contributed by atoms with Gasteiger partial charge in [0.25, 0.3) is 0 Å². The van der Waals surface area contributed by atoms with Crippen LogP contribution in [0.5, 0.6) is 0 Å². The molecule has 112 valence electrons. The van der Waals surface area contributed by atoms with Crippen LogP contribution in [0.1, 0.15) is 32.1 Å². The Balaban J connectivity index is 1.69. The van der Waals surface area contributed by atoms with Crippen LogP contribution in [0.25, 0.3) is 0 Å². The summed E-state index contributed by atoms with van der Waals surface area (Å²) in [4.78, 5) is 2.25. The van der Waals surface area contributed by atoms with Crippen LogP contribution in [0, 0.1) is 5.92 Å². The summed E-state index contributed by atoms with van der Waals surface area (Å²) in [6, 6.07) is 0.383. The highest BCUT2D eigenvalue weighted by molar-refractivity contribution is 7.89.